The van der Waals surface area contributed by atoms with Crippen molar-refractivity contribution in [1.29, 1.82) is 0 Å². The Morgan fingerprint density at radius 3 is 2.96 bits per heavy atom. The molecule has 124 valence electrons. The van der Waals surface area contributed by atoms with E-state index in [9.17, 15) is 9.59 Å². The first-order valence-electron chi connectivity index (χ1n) is 7.92. The third-order valence-electron chi connectivity index (χ3n) is 4.43. The molecule has 7 heteroatoms. The smallest absolute Gasteiger partial charge is 0.321 e. The van der Waals surface area contributed by atoms with Crippen LogP contribution in [0.1, 0.15) is 23.2 Å². The Labute approximate surface area is 140 Å². The van der Waals surface area contributed by atoms with Crippen LogP contribution in [0, 0.1) is 0 Å². The number of carbonyl (C=O) groups is 2. The van der Waals surface area contributed by atoms with Crippen molar-refractivity contribution >= 4 is 29.2 Å². The lowest BCUT2D eigenvalue weighted by molar-refractivity contribution is 0.0737. The van der Waals surface area contributed by atoms with Crippen LogP contribution in [0.4, 0.5) is 10.5 Å². The number of nitrogens with zero attached hydrogens (tertiary/aromatic N) is 2. The quantitative estimate of drug-likeness (QED) is 0.879. The average Bonchev–Trinajstić information content (AvgIpc) is 3.17. The Morgan fingerprint density at radius 1 is 1.43 bits per heavy atom. The molecule has 1 aromatic carbocycles. The lowest BCUT2D eigenvalue weighted by atomic mass is 10.1. The van der Waals surface area contributed by atoms with E-state index < -0.39 is 0 Å². The molecule has 23 heavy (non-hydrogen) atoms. The molecule has 1 atom stereocenters. The van der Waals surface area contributed by atoms with Crippen LogP contribution in [0.2, 0.25) is 5.02 Å². The average molecular weight is 337 g/mol. The number of likely N-dealkylation sites (tertiary alicyclic amines) is 1. The molecule has 2 saturated heterocycles. The van der Waals surface area contributed by atoms with Gasteiger partial charge in [-0.2, -0.15) is 0 Å². The first kappa shape index (κ1) is 16.1. The van der Waals surface area contributed by atoms with E-state index in [1.165, 1.54) is 0 Å². The molecule has 0 saturated carbocycles. The van der Waals surface area contributed by atoms with Crippen LogP contribution < -0.4 is 15.5 Å². The van der Waals surface area contributed by atoms with E-state index in [0.717, 1.165) is 25.9 Å². The molecule has 2 heterocycles. The fourth-order valence-corrected chi connectivity index (χ4v) is 3.47. The number of amides is 3. The van der Waals surface area contributed by atoms with E-state index in [0.29, 0.717) is 29.4 Å². The summed E-state index contributed by atoms with van der Waals surface area (Å²) in [5.41, 5.74) is 1.17. The number of carbonyl (C=O) groups excluding carboxylic acids is 2. The number of hydrogen-bond acceptors (Lipinski definition) is 3. The number of halogens is 1. The highest BCUT2D eigenvalue weighted by molar-refractivity contribution is 6.34. The molecule has 0 radical (unpaired) electrons. The molecule has 3 rings (SSSR count). The van der Waals surface area contributed by atoms with Gasteiger partial charge in [0.15, 0.2) is 0 Å². The Morgan fingerprint density at radius 2 is 2.26 bits per heavy atom. The molecule has 3 amide bonds. The molecule has 1 unspecified atom stereocenters. The summed E-state index contributed by atoms with van der Waals surface area (Å²) in [5, 5.41) is 6.32. The molecule has 1 aromatic rings. The minimum absolute atomic E-state index is 0.0609. The van der Waals surface area contributed by atoms with Gasteiger partial charge in [-0.1, -0.05) is 11.6 Å². The topological polar surface area (TPSA) is 64.7 Å². The zero-order chi connectivity index (χ0) is 16.4. The molecule has 2 aliphatic rings. The number of anilines is 1. The maximum Gasteiger partial charge on any atom is 0.321 e. The van der Waals surface area contributed by atoms with Crippen molar-refractivity contribution in [3.8, 4) is 0 Å². The second kappa shape index (κ2) is 6.76. The van der Waals surface area contributed by atoms with Crippen LogP contribution in [0.5, 0.6) is 0 Å². The molecule has 2 aliphatic heterocycles. The maximum absolute atomic E-state index is 12.9. The molecular weight excluding hydrogens is 316 g/mol. The first-order chi connectivity index (χ1) is 11.1. The SMILES string of the molecule is CNCC1CCCN1C(=O)c1cc(N2CCNC2=O)ccc1Cl. The lowest BCUT2D eigenvalue weighted by Gasteiger charge is -2.25. The molecule has 2 N–H and O–H groups in total. The predicted octanol–water partition coefficient (Wildman–Crippen LogP) is 1.69. The van der Waals surface area contributed by atoms with E-state index in [1.807, 2.05) is 11.9 Å². The van der Waals surface area contributed by atoms with Gasteiger partial charge in [0.2, 0.25) is 0 Å². The summed E-state index contributed by atoms with van der Waals surface area (Å²) in [6.45, 7) is 2.73. The predicted molar refractivity (Wildman–Crippen MR) is 90.2 cm³/mol. The van der Waals surface area contributed by atoms with Gasteiger partial charge in [-0.05, 0) is 38.1 Å². The zero-order valence-corrected chi connectivity index (χ0v) is 13.9. The van der Waals surface area contributed by atoms with Crippen molar-refractivity contribution in [3.63, 3.8) is 0 Å². The standard InChI is InChI=1S/C16H21ClN4O2/c1-18-10-12-3-2-7-20(12)15(22)13-9-11(4-5-14(13)17)21-8-6-19-16(21)23/h4-5,9,12,18H,2-3,6-8,10H2,1H3,(H,19,23). The van der Waals surface area contributed by atoms with Crippen LogP contribution in [0.3, 0.4) is 0 Å². The van der Waals surface area contributed by atoms with Crippen LogP contribution in [0.15, 0.2) is 18.2 Å². The molecule has 0 aromatic heterocycles. The lowest BCUT2D eigenvalue weighted by Crippen LogP contribution is -2.41. The van der Waals surface area contributed by atoms with E-state index in [1.54, 1.807) is 23.1 Å². The fourth-order valence-electron chi connectivity index (χ4n) is 3.27. The molecule has 0 aliphatic carbocycles. The summed E-state index contributed by atoms with van der Waals surface area (Å²) >= 11 is 6.26. The van der Waals surface area contributed by atoms with Crippen molar-refractivity contribution in [3.05, 3.63) is 28.8 Å². The van der Waals surface area contributed by atoms with Gasteiger partial charge in [0.1, 0.15) is 0 Å². The number of nitrogens with one attached hydrogen (secondary N) is 2. The normalized spacial score (nSPS) is 21.0. The number of hydrogen-bond donors (Lipinski definition) is 2. The van der Waals surface area contributed by atoms with Crippen LogP contribution >= 0.6 is 11.6 Å². The van der Waals surface area contributed by atoms with E-state index >= 15 is 0 Å². The Balaban J connectivity index is 1.86. The van der Waals surface area contributed by atoms with Gasteiger partial charge in [-0.15, -0.1) is 0 Å². The minimum Gasteiger partial charge on any atom is -0.336 e. The number of likely N-dealkylation sites (N-methyl/N-ethyl adjacent to an activating group) is 1. The molecule has 0 spiro atoms. The Kier molecular flexibility index (Phi) is 4.73. The van der Waals surface area contributed by atoms with Crippen molar-refractivity contribution in [1.82, 2.24) is 15.5 Å². The number of rotatable bonds is 4. The van der Waals surface area contributed by atoms with Gasteiger partial charge in [0, 0.05) is 37.9 Å². The second-order valence-corrected chi connectivity index (χ2v) is 6.31. The first-order valence-corrected chi connectivity index (χ1v) is 8.30. The molecule has 2 fully saturated rings. The van der Waals surface area contributed by atoms with Gasteiger partial charge < -0.3 is 15.5 Å². The molecule has 6 nitrogen and oxygen atoms in total. The van der Waals surface area contributed by atoms with Gasteiger partial charge in [-0.3, -0.25) is 9.69 Å². The summed E-state index contributed by atoms with van der Waals surface area (Å²) in [6.07, 6.45) is 2.00. The molecular formula is C16H21ClN4O2. The summed E-state index contributed by atoms with van der Waals surface area (Å²) in [4.78, 5) is 28.2. The van der Waals surface area contributed by atoms with Crippen molar-refractivity contribution < 1.29 is 9.59 Å². The van der Waals surface area contributed by atoms with Crippen molar-refractivity contribution in [2.75, 3.05) is 38.1 Å². The minimum atomic E-state index is -0.139. The highest BCUT2D eigenvalue weighted by atomic mass is 35.5. The third-order valence-corrected chi connectivity index (χ3v) is 4.76. The Hall–Kier alpha value is -1.79. The number of urea groups is 1. The van der Waals surface area contributed by atoms with Crippen LogP contribution in [-0.2, 0) is 0 Å². The second-order valence-electron chi connectivity index (χ2n) is 5.90. The largest absolute Gasteiger partial charge is 0.336 e. The fraction of sp³-hybridized carbons (Fsp3) is 0.500. The summed E-state index contributed by atoms with van der Waals surface area (Å²) in [7, 11) is 1.89. The van der Waals surface area contributed by atoms with Crippen molar-refractivity contribution in [2.45, 2.75) is 18.9 Å². The van der Waals surface area contributed by atoms with E-state index in [-0.39, 0.29) is 18.0 Å². The summed E-state index contributed by atoms with van der Waals surface area (Å²) in [5.74, 6) is -0.0609. The van der Waals surface area contributed by atoms with E-state index in [4.69, 9.17) is 11.6 Å². The summed E-state index contributed by atoms with van der Waals surface area (Å²) in [6, 6.07) is 5.25. The Bertz CT molecular complexity index is 622. The zero-order valence-electron chi connectivity index (χ0n) is 13.1. The van der Waals surface area contributed by atoms with Gasteiger partial charge >= 0.3 is 6.03 Å². The van der Waals surface area contributed by atoms with Crippen LogP contribution in [0.25, 0.3) is 0 Å². The third kappa shape index (κ3) is 3.14. The van der Waals surface area contributed by atoms with Crippen molar-refractivity contribution in [2.24, 2.45) is 0 Å². The van der Waals surface area contributed by atoms with Crippen LogP contribution in [-0.4, -0.2) is 56.1 Å². The molecule has 0 bridgehead atoms. The van der Waals surface area contributed by atoms with Gasteiger partial charge in [0.25, 0.3) is 5.91 Å². The van der Waals surface area contributed by atoms with Gasteiger partial charge in [0.05, 0.1) is 10.6 Å². The highest BCUT2D eigenvalue weighted by Crippen LogP contribution is 2.28. The maximum atomic E-state index is 12.9. The monoisotopic (exact) mass is 336 g/mol. The van der Waals surface area contributed by atoms with Gasteiger partial charge in [-0.25, -0.2) is 4.79 Å². The van der Waals surface area contributed by atoms with E-state index in [2.05, 4.69) is 10.6 Å². The highest BCUT2D eigenvalue weighted by Gasteiger charge is 2.30. The number of benzene rings is 1. The summed E-state index contributed by atoms with van der Waals surface area (Å²) < 4.78 is 0.